The summed E-state index contributed by atoms with van der Waals surface area (Å²) in [6.07, 6.45) is 43.5. The van der Waals surface area contributed by atoms with Gasteiger partial charge in [-0.1, -0.05) is 140 Å². The zero-order chi connectivity index (χ0) is 30.1. The van der Waals surface area contributed by atoms with Crippen molar-refractivity contribution in [1.82, 2.24) is 5.32 Å². The fourth-order valence-electron chi connectivity index (χ4n) is 4.80. The number of amides is 1. The second kappa shape index (κ2) is 32.9. The van der Waals surface area contributed by atoms with E-state index < -0.39 is 12.1 Å². The largest absolute Gasteiger partial charge is 0.394 e. The first-order valence-corrected chi connectivity index (χ1v) is 17.4. The van der Waals surface area contributed by atoms with Crippen LogP contribution in [-0.4, -0.2) is 34.9 Å². The molecule has 0 bridgehead atoms. The normalized spacial score (nSPS) is 13.8. The second-order valence-corrected chi connectivity index (χ2v) is 11.6. The molecule has 2 unspecified atom stereocenters. The fourth-order valence-corrected chi connectivity index (χ4v) is 4.80. The molecule has 3 N–H and O–H groups in total. The summed E-state index contributed by atoms with van der Waals surface area (Å²) in [5.74, 6) is -0.117. The highest BCUT2D eigenvalue weighted by atomic mass is 16.3. The van der Waals surface area contributed by atoms with Crippen molar-refractivity contribution in [1.29, 1.82) is 0 Å². The first kappa shape index (κ1) is 39.4. The molecule has 1 amide bonds. The third-order valence-corrected chi connectivity index (χ3v) is 7.51. The molecular weight excluding hydrogens is 506 g/mol. The van der Waals surface area contributed by atoms with Gasteiger partial charge in [-0.05, 0) is 64.2 Å². The van der Waals surface area contributed by atoms with Gasteiger partial charge in [-0.15, -0.1) is 0 Å². The number of carbonyl (C=O) groups excluding carboxylic acids is 1. The van der Waals surface area contributed by atoms with Crippen LogP contribution in [-0.2, 0) is 4.79 Å². The van der Waals surface area contributed by atoms with Gasteiger partial charge in [-0.3, -0.25) is 4.79 Å². The van der Waals surface area contributed by atoms with E-state index in [9.17, 15) is 15.0 Å². The van der Waals surface area contributed by atoms with Crippen molar-refractivity contribution in [2.24, 2.45) is 0 Å². The van der Waals surface area contributed by atoms with Crippen molar-refractivity contribution in [3.8, 4) is 0 Å². The SMILES string of the molecule is CCCCCC/C=C\CCCC(=O)NC(CO)C(O)/C=C/CC/C=C/CC/C=C/CCCCCCCCCCCC. The summed E-state index contributed by atoms with van der Waals surface area (Å²) in [5.41, 5.74) is 0. The highest BCUT2D eigenvalue weighted by molar-refractivity contribution is 5.76. The number of aliphatic hydroxyl groups excluding tert-OH is 2. The Bertz CT molecular complexity index is 667. The van der Waals surface area contributed by atoms with E-state index in [0.29, 0.717) is 6.42 Å². The Kier molecular flexibility index (Phi) is 31.5. The molecule has 0 heterocycles. The molecule has 0 aliphatic carbocycles. The van der Waals surface area contributed by atoms with Gasteiger partial charge in [-0.2, -0.15) is 0 Å². The van der Waals surface area contributed by atoms with E-state index in [-0.39, 0.29) is 12.5 Å². The van der Waals surface area contributed by atoms with Crippen LogP contribution in [0.15, 0.2) is 48.6 Å². The lowest BCUT2D eigenvalue weighted by molar-refractivity contribution is -0.122. The predicted molar refractivity (Wildman–Crippen MR) is 179 cm³/mol. The molecule has 0 aliphatic heterocycles. The lowest BCUT2D eigenvalue weighted by Gasteiger charge is -2.19. The van der Waals surface area contributed by atoms with Gasteiger partial charge < -0.3 is 15.5 Å². The Labute approximate surface area is 254 Å². The zero-order valence-corrected chi connectivity index (χ0v) is 27.0. The number of carbonyl (C=O) groups is 1. The van der Waals surface area contributed by atoms with Crippen LogP contribution in [0.3, 0.4) is 0 Å². The molecule has 0 aromatic carbocycles. The Morgan fingerprint density at radius 1 is 0.561 bits per heavy atom. The van der Waals surface area contributed by atoms with Gasteiger partial charge in [0.05, 0.1) is 18.8 Å². The molecule has 0 aromatic rings. The molecule has 0 fully saturated rings. The third kappa shape index (κ3) is 29.6. The molecular formula is C37H67NO3. The molecule has 0 saturated heterocycles. The van der Waals surface area contributed by atoms with Crippen LogP contribution in [0.25, 0.3) is 0 Å². The average Bonchev–Trinajstić information content (AvgIpc) is 2.97. The van der Waals surface area contributed by atoms with Crippen molar-refractivity contribution < 1.29 is 15.0 Å². The van der Waals surface area contributed by atoms with Gasteiger partial charge in [0.15, 0.2) is 0 Å². The molecule has 41 heavy (non-hydrogen) atoms. The quantitative estimate of drug-likeness (QED) is 0.0591. The number of rotatable bonds is 30. The van der Waals surface area contributed by atoms with E-state index in [1.165, 1.54) is 96.3 Å². The van der Waals surface area contributed by atoms with E-state index in [0.717, 1.165) is 44.9 Å². The van der Waals surface area contributed by atoms with Gasteiger partial charge in [-0.25, -0.2) is 0 Å². The number of hydrogen-bond donors (Lipinski definition) is 3. The van der Waals surface area contributed by atoms with E-state index in [1.807, 2.05) is 6.08 Å². The summed E-state index contributed by atoms with van der Waals surface area (Å²) in [7, 11) is 0. The second-order valence-electron chi connectivity index (χ2n) is 11.6. The van der Waals surface area contributed by atoms with E-state index in [1.54, 1.807) is 6.08 Å². The summed E-state index contributed by atoms with van der Waals surface area (Å²) in [5, 5.41) is 22.7. The van der Waals surface area contributed by atoms with Crippen LogP contribution in [0.5, 0.6) is 0 Å². The highest BCUT2D eigenvalue weighted by Gasteiger charge is 2.17. The van der Waals surface area contributed by atoms with Crippen LogP contribution in [0.4, 0.5) is 0 Å². The number of aliphatic hydroxyl groups is 2. The molecule has 4 heteroatoms. The number of allylic oxidation sites excluding steroid dienone is 7. The van der Waals surface area contributed by atoms with Gasteiger partial charge in [0.2, 0.25) is 5.91 Å². The van der Waals surface area contributed by atoms with Crippen LogP contribution >= 0.6 is 0 Å². The molecule has 0 aliphatic rings. The molecule has 0 radical (unpaired) electrons. The van der Waals surface area contributed by atoms with Crippen molar-refractivity contribution in [3.05, 3.63) is 48.6 Å². The first-order valence-electron chi connectivity index (χ1n) is 17.4. The van der Waals surface area contributed by atoms with E-state index in [4.69, 9.17) is 0 Å². The monoisotopic (exact) mass is 574 g/mol. The Morgan fingerprint density at radius 3 is 1.44 bits per heavy atom. The van der Waals surface area contributed by atoms with Crippen molar-refractivity contribution >= 4 is 5.91 Å². The lowest BCUT2D eigenvalue weighted by atomic mass is 10.1. The Balaban J connectivity index is 3.74. The Hall–Kier alpha value is -1.65. The molecule has 238 valence electrons. The summed E-state index contributed by atoms with van der Waals surface area (Å²) < 4.78 is 0. The smallest absolute Gasteiger partial charge is 0.220 e. The summed E-state index contributed by atoms with van der Waals surface area (Å²) >= 11 is 0. The molecule has 2 atom stereocenters. The number of nitrogens with one attached hydrogen (secondary N) is 1. The summed E-state index contributed by atoms with van der Waals surface area (Å²) in [6, 6.07) is -0.657. The number of unbranched alkanes of at least 4 members (excludes halogenated alkanes) is 17. The van der Waals surface area contributed by atoms with Crippen LogP contribution in [0.1, 0.15) is 162 Å². The van der Waals surface area contributed by atoms with Crippen LogP contribution in [0.2, 0.25) is 0 Å². The summed E-state index contributed by atoms with van der Waals surface area (Å²) in [6.45, 7) is 4.22. The van der Waals surface area contributed by atoms with E-state index in [2.05, 4.69) is 55.6 Å². The fraction of sp³-hybridized carbons (Fsp3) is 0.757. The standard InChI is InChI=1S/C37H67NO3/c1-3-5-7-9-11-13-14-15-16-17-18-19-20-21-22-23-25-26-28-30-32-36(40)35(34-39)38-37(41)33-31-29-27-24-12-10-8-6-4-2/h19-20,23-25,27,30,32,35-36,39-40H,3-18,21-22,26,28-29,31,33-34H2,1-2H3,(H,38,41)/b20-19+,25-23+,27-24-,32-30+. The average molecular weight is 574 g/mol. The molecule has 0 saturated carbocycles. The van der Waals surface area contributed by atoms with Crippen molar-refractivity contribution in [2.75, 3.05) is 6.61 Å². The van der Waals surface area contributed by atoms with Gasteiger partial charge in [0.25, 0.3) is 0 Å². The van der Waals surface area contributed by atoms with E-state index >= 15 is 0 Å². The molecule has 0 spiro atoms. The summed E-state index contributed by atoms with van der Waals surface area (Å²) in [4.78, 5) is 12.2. The van der Waals surface area contributed by atoms with Gasteiger partial charge in [0, 0.05) is 6.42 Å². The van der Waals surface area contributed by atoms with Gasteiger partial charge >= 0.3 is 0 Å². The maximum Gasteiger partial charge on any atom is 0.220 e. The third-order valence-electron chi connectivity index (χ3n) is 7.51. The van der Waals surface area contributed by atoms with Crippen LogP contribution in [0, 0.1) is 0 Å². The van der Waals surface area contributed by atoms with Gasteiger partial charge in [0.1, 0.15) is 0 Å². The number of hydrogen-bond acceptors (Lipinski definition) is 3. The maximum atomic E-state index is 12.2. The van der Waals surface area contributed by atoms with Crippen LogP contribution < -0.4 is 5.32 Å². The molecule has 4 nitrogen and oxygen atoms in total. The first-order chi connectivity index (χ1) is 20.2. The molecule has 0 rings (SSSR count). The minimum Gasteiger partial charge on any atom is -0.394 e. The Morgan fingerprint density at radius 2 is 0.951 bits per heavy atom. The molecule has 0 aromatic heterocycles. The van der Waals surface area contributed by atoms with Crippen molar-refractivity contribution in [2.45, 2.75) is 174 Å². The topological polar surface area (TPSA) is 69.6 Å². The predicted octanol–water partition coefficient (Wildman–Crippen LogP) is 10.1. The maximum absolute atomic E-state index is 12.2. The minimum atomic E-state index is -0.878. The van der Waals surface area contributed by atoms with Crippen molar-refractivity contribution in [3.63, 3.8) is 0 Å². The minimum absolute atomic E-state index is 0.117. The zero-order valence-electron chi connectivity index (χ0n) is 27.0. The lowest BCUT2D eigenvalue weighted by Crippen LogP contribution is -2.45. The highest BCUT2D eigenvalue weighted by Crippen LogP contribution is 2.12.